The van der Waals surface area contributed by atoms with E-state index in [0.29, 0.717) is 11.1 Å². The maximum absolute atomic E-state index is 12.6. The number of aromatic hydroxyl groups is 6. The third-order valence-corrected chi connectivity index (χ3v) is 12.7. The minimum Gasteiger partial charge on any atom is -0.508 e. The van der Waals surface area contributed by atoms with Gasteiger partial charge in [-0.05, 0) is 65.8 Å². The van der Waals surface area contributed by atoms with Crippen LogP contribution in [0.3, 0.4) is 0 Å². The van der Waals surface area contributed by atoms with E-state index < -0.39 is 170 Å². The fourth-order valence-corrected chi connectivity index (χ4v) is 8.34. The smallest absolute Gasteiger partial charge is 0.330 e. The third kappa shape index (κ3) is 12.6. The second kappa shape index (κ2) is 24.0. The summed E-state index contributed by atoms with van der Waals surface area (Å²) in [6.07, 6.45) is -23.6. The molecule has 8 rings (SSSR count). The van der Waals surface area contributed by atoms with Crippen molar-refractivity contribution in [1.82, 2.24) is 0 Å². The normalized spacial score (nSPS) is 30.9. The number of hydrogen-bond donors (Lipinski definition) is 16. The first-order valence-corrected chi connectivity index (χ1v) is 23.6. The molecule has 27 heteroatoms. The second-order valence-corrected chi connectivity index (χ2v) is 18.1. The fourth-order valence-electron chi connectivity index (χ4n) is 8.34. The number of aliphatic hydroxyl groups is 10. The van der Waals surface area contributed by atoms with Crippen LogP contribution < -0.4 is 14.2 Å². The average Bonchev–Trinajstić information content (AvgIpc) is 3.54. The number of esters is 2. The molecule has 0 aliphatic carbocycles. The minimum absolute atomic E-state index is 0.00297. The van der Waals surface area contributed by atoms with Crippen LogP contribution in [0.2, 0.25) is 0 Å². The zero-order chi connectivity index (χ0) is 56.3. The molecule has 0 radical (unpaired) electrons. The summed E-state index contributed by atoms with van der Waals surface area (Å²) >= 11 is 0. The number of fused-ring (bicyclic) bond motifs is 1. The molecule has 0 amide bonds. The lowest BCUT2D eigenvalue weighted by atomic mass is 9.98. The van der Waals surface area contributed by atoms with Crippen LogP contribution in [-0.4, -0.2) is 206 Å². The minimum atomic E-state index is -2.01. The average molecular weight is 1100 g/mol. The molecule has 4 aliphatic rings. The highest BCUT2D eigenvalue weighted by molar-refractivity contribution is 5.87. The molecule has 4 aliphatic heterocycles. The molecule has 4 aromatic carbocycles. The van der Waals surface area contributed by atoms with E-state index in [2.05, 4.69) is 0 Å². The predicted molar refractivity (Wildman–Crippen MR) is 257 cm³/mol. The van der Waals surface area contributed by atoms with Crippen LogP contribution in [0.5, 0.6) is 51.7 Å². The zero-order valence-electron chi connectivity index (χ0n) is 40.2. The number of phenolic OH excluding ortho intramolecular Hbond substituents is 6. The Bertz CT molecular complexity index is 2890. The summed E-state index contributed by atoms with van der Waals surface area (Å²) in [4.78, 5) is 25.2. The first-order valence-electron chi connectivity index (χ1n) is 23.6. The molecule has 3 fully saturated rings. The molecular weight excluding hydrogens is 1040 g/mol. The summed E-state index contributed by atoms with van der Waals surface area (Å²) in [5.41, 5.74) is 0.491. The van der Waals surface area contributed by atoms with E-state index in [9.17, 15) is 91.3 Å². The largest absolute Gasteiger partial charge is 0.508 e. The Morgan fingerprint density at radius 2 is 0.949 bits per heavy atom. The van der Waals surface area contributed by atoms with Gasteiger partial charge in [-0.1, -0.05) is 18.2 Å². The highest BCUT2D eigenvalue weighted by atomic mass is 16.7. The van der Waals surface area contributed by atoms with Gasteiger partial charge in [-0.15, -0.1) is 0 Å². The van der Waals surface area contributed by atoms with E-state index in [1.54, 1.807) is 0 Å². The number of phenols is 6. The van der Waals surface area contributed by atoms with Gasteiger partial charge in [0, 0.05) is 29.8 Å². The van der Waals surface area contributed by atoms with Crippen LogP contribution in [0, 0.1) is 0 Å². The molecule has 1 unspecified atom stereocenters. The molecule has 4 heterocycles. The summed E-state index contributed by atoms with van der Waals surface area (Å²) in [5, 5.41) is 168. The summed E-state index contributed by atoms with van der Waals surface area (Å²) < 4.78 is 51.6. The van der Waals surface area contributed by atoms with Gasteiger partial charge in [0.15, 0.2) is 40.6 Å². The summed E-state index contributed by atoms with van der Waals surface area (Å²) in [6.45, 7) is -2.28. The molecule has 78 heavy (non-hydrogen) atoms. The van der Waals surface area contributed by atoms with Gasteiger partial charge in [-0.3, -0.25) is 0 Å². The van der Waals surface area contributed by atoms with Crippen molar-refractivity contribution in [2.45, 2.75) is 98.2 Å². The number of aliphatic hydroxyl groups excluding tert-OH is 10. The van der Waals surface area contributed by atoms with Crippen molar-refractivity contribution in [1.29, 1.82) is 0 Å². The molecule has 0 spiro atoms. The standard InChI is InChI=1S/C51H54O27/c52-17-34-39(61)42(64)45(67)51(76-34)75-33-16-24-30(14-23(53)15-31(24)73-49-46(68)43(65)40(62)35(77-49)18-70-37(59)9-3-20-1-6-25(54)28(57)11-20)72-48(33)22-5-8-27(56)32(13-22)74-50-47(69)44(66)41(63)36(78-50)19-71-38(60)10-4-21-2-7-26(55)29(58)12-21/h1-16,34-36,39-58,61-69H,17-19H2/b9-3+,10-4+/t34-,35+,36+,39+,40+,41+,42+,43-,44-,45-,46+,47-,48?,49+,50+,51+/m0/s1. The topological polar surface area (TPSA) is 441 Å². The second-order valence-electron chi connectivity index (χ2n) is 18.1. The Morgan fingerprint density at radius 3 is 1.45 bits per heavy atom. The third-order valence-electron chi connectivity index (χ3n) is 12.7. The first kappa shape index (κ1) is 56.7. The molecule has 27 nitrogen and oxygen atoms in total. The fraction of sp³-hybridized carbons (Fsp3) is 0.373. The number of ether oxygens (including phenoxy) is 9. The molecule has 0 aromatic heterocycles. The summed E-state index contributed by atoms with van der Waals surface area (Å²) in [7, 11) is 0. The van der Waals surface area contributed by atoms with E-state index in [1.807, 2.05) is 0 Å². The summed E-state index contributed by atoms with van der Waals surface area (Å²) in [6, 6.07) is 13.1. The molecule has 16 N–H and O–H groups in total. The monoisotopic (exact) mass is 1100 g/mol. The Morgan fingerprint density at radius 1 is 0.487 bits per heavy atom. The highest BCUT2D eigenvalue weighted by Crippen LogP contribution is 2.47. The SMILES string of the molecule is O=C(/C=C/c1ccc(O)c(O)c1)OC[C@H]1O[C@@H](Oc2cc(C3Oc4cc(O)cc(O[C@@H]5O[C@H](COC(=O)/C=C/c6ccc(O)c(O)c6)[C@@H](O)[C@H](O)[C@H]5O)c4C=C3O[C@@H]3O[C@@H](CO)[C@@H](O)[C@@H](O)[C@@H]3O)ccc2O)[C@@H](O)[C@@H](O)[C@@H]1O. The van der Waals surface area contributed by atoms with Crippen molar-refractivity contribution in [3.8, 4) is 51.7 Å². The van der Waals surface area contributed by atoms with Gasteiger partial charge < -0.3 is 124 Å². The Hall–Kier alpha value is -7.48. The van der Waals surface area contributed by atoms with Crippen LogP contribution in [-0.2, 0) is 38.0 Å². The van der Waals surface area contributed by atoms with Crippen molar-refractivity contribution < 1.29 is 134 Å². The number of benzene rings is 4. The summed E-state index contributed by atoms with van der Waals surface area (Å²) in [5.74, 6) is -6.18. The van der Waals surface area contributed by atoms with Crippen molar-refractivity contribution >= 4 is 30.2 Å². The zero-order valence-corrected chi connectivity index (χ0v) is 40.2. The van der Waals surface area contributed by atoms with E-state index in [1.165, 1.54) is 54.6 Å². The van der Waals surface area contributed by atoms with Crippen molar-refractivity contribution in [2.75, 3.05) is 19.8 Å². The number of carbonyl (C=O) groups excluding carboxylic acids is 2. The molecule has 0 bridgehead atoms. The van der Waals surface area contributed by atoms with Crippen molar-refractivity contribution in [2.24, 2.45) is 0 Å². The van der Waals surface area contributed by atoms with Crippen LogP contribution >= 0.6 is 0 Å². The first-order chi connectivity index (χ1) is 37.1. The van der Waals surface area contributed by atoms with Crippen molar-refractivity contribution in [3.05, 3.63) is 107 Å². The van der Waals surface area contributed by atoms with Gasteiger partial charge in [-0.2, -0.15) is 0 Å². The Balaban J connectivity index is 1.04. The lowest BCUT2D eigenvalue weighted by Crippen LogP contribution is -2.60. The number of rotatable bonds is 16. The molecule has 16 atom stereocenters. The maximum Gasteiger partial charge on any atom is 0.330 e. The van der Waals surface area contributed by atoms with Gasteiger partial charge in [0.25, 0.3) is 0 Å². The van der Waals surface area contributed by atoms with E-state index in [4.69, 9.17) is 42.6 Å². The quantitative estimate of drug-likeness (QED) is 0.0331. The highest BCUT2D eigenvalue weighted by Gasteiger charge is 2.49. The van der Waals surface area contributed by atoms with Crippen LogP contribution in [0.15, 0.2) is 84.6 Å². The Kier molecular flexibility index (Phi) is 17.5. The van der Waals surface area contributed by atoms with Gasteiger partial charge >= 0.3 is 11.9 Å². The van der Waals surface area contributed by atoms with Crippen LogP contribution in [0.25, 0.3) is 18.2 Å². The van der Waals surface area contributed by atoms with Crippen LogP contribution in [0.4, 0.5) is 0 Å². The number of hydrogen-bond acceptors (Lipinski definition) is 27. The van der Waals surface area contributed by atoms with Gasteiger partial charge in [0.2, 0.25) is 18.9 Å². The van der Waals surface area contributed by atoms with Gasteiger partial charge in [0.1, 0.15) is 109 Å². The maximum atomic E-state index is 12.6. The molecular formula is C51H54O27. The Labute approximate surface area is 439 Å². The van der Waals surface area contributed by atoms with Crippen LogP contribution in [0.1, 0.15) is 28.4 Å². The molecule has 4 aromatic rings. The molecule has 0 saturated carbocycles. The number of carbonyl (C=O) groups is 2. The molecule has 3 saturated heterocycles. The lowest BCUT2D eigenvalue weighted by molar-refractivity contribution is -0.293. The van der Waals surface area contributed by atoms with Crippen molar-refractivity contribution in [3.63, 3.8) is 0 Å². The van der Waals surface area contributed by atoms with E-state index in [0.717, 1.165) is 42.5 Å². The predicted octanol–water partition coefficient (Wildman–Crippen LogP) is -1.90. The van der Waals surface area contributed by atoms with E-state index in [-0.39, 0.29) is 28.4 Å². The molecule has 420 valence electrons. The van der Waals surface area contributed by atoms with Gasteiger partial charge in [-0.25, -0.2) is 9.59 Å². The van der Waals surface area contributed by atoms with Gasteiger partial charge in [0.05, 0.1) is 12.2 Å². The van der Waals surface area contributed by atoms with E-state index >= 15 is 0 Å². The lowest BCUT2D eigenvalue weighted by Gasteiger charge is -2.41.